The first-order valence-electron chi connectivity index (χ1n) is 6.90. The van der Waals surface area contributed by atoms with E-state index >= 15 is 0 Å². The SMILES string of the molecule is CC(=O)N(CC(=O)NCc1ccccc1)c1ccc(Br)cc1. The number of benzene rings is 2. The molecule has 0 heterocycles. The summed E-state index contributed by atoms with van der Waals surface area (Å²) in [6, 6.07) is 16.9. The topological polar surface area (TPSA) is 49.4 Å². The van der Waals surface area contributed by atoms with Gasteiger partial charge in [-0.1, -0.05) is 46.3 Å². The summed E-state index contributed by atoms with van der Waals surface area (Å²) in [6.45, 7) is 1.90. The molecule has 0 fully saturated rings. The maximum absolute atomic E-state index is 12.1. The van der Waals surface area contributed by atoms with E-state index in [4.69, 9.17) is 0 Å². The van der Waals surface area contributed by atoms with Gasteiger partial charge in [0.1, 0.15) is 6.54 Å². The lowest BCUT2D eigenvalue weighted by Gasteiger charge is -2.20. The Bertz CT molecular complexity index is 641. The average molecular weight is 361 g/mol. The Balaban J connectivity index is 1.97. The molecule has 2 aromatic rings. The van der Waals surface area contributed by atoms with Crippen LogP contribution >= 0.6 is 15.9 Å². The second-order valence-electron chi connectivity index (χ2n) is 4.84. The van der Waals surface area contributed by atoms with Crippen LogP contribution in [-0.2, 0) is 16.1 Å². The number of halogens is 1. The van der Waals surface area contributed by atoms with E-state index < -0.39 is 0 Å². The van der Waals surface area contributed by atoms with Gasteiger partial charge in [0.15, 0.2) is 0 Å². The lowest BCUT2D eigenvalue weighted by Crippen LogP contribution is -2.39. The maximum atomic E-state index is 12.1. The van der Waals surface area contributed by atoms with Crippen LogP contribution in [0.2, 0.25) is 0 Å². The third-order valence-corrected chi connectivity index (χ3v) is 3.68. The maximum Gasteiger partial charge on any atom is 0.240 e. The zero-order chi connectivity index (χ0) is 15.9. The molecule has 0 unspecified atom stereocenters. The number of nitrogens with one attached hydrogen (secondary N) is 1. The van der Waals surface area contributed by atoms with E-state index in [2.05, 4.69) is 21.2 Å². The van der Waals surface area contributed by atoms with E-state index in [1.165, 1.54) is 11.8 Å². The van der Waals surface area contributed by atoms with Crippen molar-refractivity contribution >= 4 is 33.4 Å². The van der Waals surface area contributed by atoms with Gasteiger partial charge in [-0.05, 0) is 29.8 Å². The molecule has 2 rings (SSSR count). The molecule has 0 aliphatic rings. The first-order valence-corrected chi connectivity index (χ1v) is 7.70. The second kappa shape index (κ2) is 7.75. The molecule has 0 atom stereocenters. The summed E-state index contributed by atoms with van der Waals surface area (Å²) < 4.78 is 0.924. The smallest absolute Gasteiger partial charge is 0.240 e. The summed E-state index contributed by atoms with van der Waals surface area (Å²) in [7, 11) is 0. The Labute approximate surface area is 138 Å². The zero-order valence-electron chi connectivity index (χ0n) is 12.3. The Hall–Kier alpha value is -2.14. The monoisotopic (exact) mass is 360 g/mol. The van der Waals surface area contributed by atoms with E-state index in [1.54, 1.807) is 12.1 Å². The highest BCUT2D eigenvalue weighted by Crippen LogP contribution is 2.18. The highest BCUT2D eigenvalue weighted by Gasteiger charge is 2.15. The number of nitrogens with zero attached hydrogens (tertiary/aromatic N) is 1. The van der Waals surface area contributed by atoms with Crippen molar-refractivity contribution in [2.24, 2.45) is 0 Å². The molecule has 0 saturated heterocycles. The second-order valence-corrected chi connectivity index (χ2v) is 5.76. The third-order valence-electron chi connectivity index (χ3n) is 3.15. The normalized spacial score (nSPS) is 10.1. The Morgan fingerprint density at radius 2 is 1.68 bits per heavy atom. The van der Waals surface area contributed by atoms with Crippen molar-refractivity contribution in [3.05, 3.63) is 64.6 Å². The summed E-state index contributed by atoms with van der Waals surface area (Å²) >= 11 is 3.35. The quantitative estimate of drug-likeness (QED) is 0.890. The first-order chi connectivity index (χ1) is 10.6. The molecule has 1 N–H and O–H groups in total. The van der Waals surface area contributed by atoms with E-state index in [-0.39, 0.29) is 18.4 Å². The number of amides is 2. The van der Waals surface area contributed by atoms with Crippen LogP contribution < -0.4 is 10.2 Å². The summed E-state index contributed by atoms with van der Waals surface area (Å²) in [5.41, 5.74) is 1.72. The fourth-order valence-electron chi connectivity index (χ4n) is 2.00. The van der Waals surface area contributed by atoms with Gasteiger partial charge in [0, 0.05) is 23.6 Å². The number of hydrogen-bond acceptors (Lipinski definition) is 2. The lowest BCUT2D eigenvalue weighted by molar-refractivity contribution is -0.123. The number of hydrogen-bond donors (Lipinski definition) is 1. The van der Waals surface area contributed by atoms with Crippen LogP contribution in [0.15, 0.2) is 59.1 Å². The van der Waals surface area contributed by atoms with Crippen LogP contribution in [0.4, 0.5) is 5.69 Å². The number of carbonyl (C=O) groups is 2. The van der Waals surface area contributed by atoms with E-state index in [9.17, 15) is 9.59 Å². The molecule has 5 heteroatoms. The molecule has 0 spiro atoms. The number of carbonyl (C=O) groups excluding carboxylic acids is 2. The molecule has 0 aliphatic heterocycles. The predicted octanol–water partition coefficient (Wildman–Crippen LogP) is 3.12. The van der Waals surface area contributed by atoms with Crippen molar-refractivity contribution in [2.75, 3.05) is 11.4 Å². The molecule has 0 bridgehead atoms. The molecule has 22 heavy (non-hydrogen) atoms. The summed E-state index contributed by atoms with van der Waals surface area (Å²) in [6.07, 6.45) is 0. The molecule has 0 saturated carbocycles. The summed E-state index contributed by atoms with van der Waals surface area (Å²) in [5, 5.41) is 2.82. The van der Waals surface area contributed by atoms with Crippen LogP contribution in [0.3, 0.4) is 0 Å². The van der Waals surface area contributed by atoms with Gasteiger partial charge in [0.2, 0.25) is 11.8 Å². The summed E-state index contributed by atoms with van der Waals surface area (Å²) in [4.78, 5) is 25.3. The van der Waals surface area contributed by atoms with Crippen LogP contribution in [0.25, 0.3) is 0 Å². The Morgan fingerprint density at radius 3 is 2.27 bits per heavy atom. The minimum absolute atomic E-state index is 0.00377. The average Bonchev–Trinajstić information content (AvgIpc) is 2.52. The van der Waals surface area contributed by atoms with Gasteiger partial charge in [0.05, 0.1) is 0 Å². The first kappa shape index (κ1) is 16.2. The van der Waals surface area contributed by atoms with Crippen molar-refractivity contribution in [3.8, 4) is 0 Å². The Kier molecular flexibility index (Phi) is 5.72. The van der Waals surface area contributed by atoms with Crippen LogP contribution in [0.5, 0.6) is 0 Å². The van der Waals surface area contributed by atoms with Crippen molar-refractivity contribution in [3.63, 3.8) is 0 Å². The van der Waals surface area contributed by atoms with Gasteiger partial charge in [-0.3, -0.25) is 9.59 Å². The summed E-state index contributed by atoms with van der Waals surface area (Å²) in [5.74, 6) is -0.362. The lowest BCUT2D eigenvalue weighted by atomic mass is 10.2. The van der Waals surface area contributed by atoms with Gasteiger partial charge >= 0.3 is 0 Å². The Morgan fingerprint density at radius 1 is 1.05 bits per heavy atom. The third kappa shape index (κ3) is 4.70. The van der Waals surface area contributed by atoms with E-state index in [0.717, 1.165) is 10.0 Å². The van der Waals surface area contributed by atoms with Crippen molar-refractivity contribution in [1.82, 2.24) is 5.32 Å². The molecule has 4 nitrogen and oxygen atoms in total. The number of rotatable bonds is 5. The fourth-order valence-corrected chi connectivity index (χ4v) is 2.27. The highest BCUT2D eigenvalue weighted by molar-refractivity contribution is 9.10. The van der Waals surface area contributed by atoms with E-state index in [0.29, 0.717) is 12.2 Å². The van der Waals surface area contributed by atoms with Gasteiger partial charge in [-0.15, -0.1) is 0 Å². The van der Waals surface area contributed by atoms with Crippen LogP contribution in [0.1, 0.15) is 12.5 Å². The highest BCUT2D eigenvalue weighted by atomic mass is 79.9. The van der Waals surface area contributed by atoms with Gasteiger partial charge in [0.25, 0.3) is 0 Å². The minimum atomic E-state index is -0.193. The van der Waals surface area contributed by atoms with Gasteiger partial charge < -0.3 is 10.2 Å². The molecule has 0 aliphatic carbocycles. The van der Waals surface area contributed by atoms with Crippen molar-refractivity contribution in [2.45, 2.75) is 13.5 Å². The molecule has 0 radical (unpaired) electrons. The van der Waals surface area contributed by atoms with Crippen LogP contribution in [0, 0.1) is 0 Å². The van der Waals surface area contributed by atoms with Crippen LogP contribution in [-0.4, -0.2) is 18.4 Å². The fraction of sp³-hybridized carbons (Fsp3) is 0.176. The predicted molar refractivity (Wildman–Crippen MR) is 90.5 cm³/mol. The molecule has 2 amide bonds. The molecule has 2 aromatic carbocycles. The molecular formula is C17H17BrN2O2. The van der Waals surface area contributed by atoms with Crippen molar-refractivity contribution < 1.29 is 9.59 Å². The number of anilines is 1. The molecular weight excluding hydrogens is 344 g/mol. The molecule has 114 valence electrons. The molecule has 0 aromatic heterocycles. The van der Waals surface area contributed by atoms with Gasteiger partial charge in [-0.25, -0.2) is 0 Å². The minimum Gasteiger partial charge on any atom is -0.350 e. The zero-order valence-corrected chi connectivity index (χ0v) is 13.8. The van der Waals surface area contributed by atoms with Gasteiger partial charge in [-0.2, -0.15) is 0 Å². The largest absolute Gasteiger partial charge is 0.350 e. The standard InChI is InChI=1S/C17H17BrN2O2/c1-13(21)20(16-9-7-15(18)8-10-16)12-17(22)19-11-14-5-3-2-4-6-14/h2-10H,11-12H2,1H3,(H,19,22). The van der Waals surface area contributed by atoms with E-state index in [1.807, 2.05) is 42.5 Å². The van der Waals surface area contributed by atoms with Crippen molar-refractivity contribution in [1.29, 1.82) is 0 Å².